The fourth-order valence-corrected chi connectivity index (χ4v) is 3.01. The molecule has 3 aromatic rings. The summed E-state index contributed by atoms with van der Waals surface area (Å²) in [5.74, 6) is 3.72. The zero-order valence-electron chi connectivity index (χ0n) is 13.4. The van der Waals surface area contributed by atoms with Crippen LogP contribution in [0.2, 0.25) is 0 Å². The summed E-state index contributed by atoms with van der Waals surface area (Å²) >= 11 is 0. The van der Waals surface area contributed by atoms with Gasteiger partial charge in [-0.3, -0.25) is 9.67 Å². The molecule has 0 aliphatic carbocycles. The monoisotopic (exact) mass is 325 g/mol. The minimum atomic E-state index is -0.0425. The zero-order chi connectivity index (χ0) is 16.4. The minimum Gasteiger partial charge on any atom is -0.370 e. The van der Waals surface area contributed by atoms with Crippen LogP contribution >= 0.6 is 0 Å². The predicted octanol–water partition coefficient (Wildman–Crippen LogP) is 1.88. The Morgan fingerprint density at radius 3 is 3.12 bits per heavy atom. The molecule has 8 heteroatoms. The van der Waals surface area contributed by atoms with E-state index < -0.39 is 0 Å². The first-order valence-electron chi connectivity index (χ1n) is 7.99. The van der Waals surface area contributed by atoms with Crippen LogP contribution in [0.15, 0.2) is 36.9 Å². The Morgan fingerprint density at radius 2 is 2.33 bits per heavy atom. The van der Waals surface area contributed by atoms with Crippen LogP contribution in [0, 0.1) is 12.8 Å². The first kappa shape index (κ1) is 14.8. The molecule has 4 rings (SSSR count). The largest absolute Gasteiger partial charge is 0.370 e. The number of aryl methyl sites for hydroxylation is 1. The van der Waals surface area contributed by atoms with E-state index in [2.05, 4.69) is 30.5 Å². The lowest BCUT2D eigenvalue weighted by Crippen LogP contribution is -2.19. The van der Waals surface area contributed by atoms with Gasteiger partial charge >= 0.3 is 0 Å². The number of ether oxygens (including phenoxy) is 1. The molecule has 2 atom stereocenters. The van der Waals surface area contributed by atoms with E-state index in [0.717, 1.165) is 42.9 Å². The quantitative estimate of drug-likeness (QED) is 0.744. The molecule has 1 aliphatic rings. The number of aromatic amines is 1. The standard InChI is InChI=1S/C16H19N7O/c1-11-17-6-7-23(11)14-4-2-3-13(21-14)18-9-12-5-8-24-15(12)16-19-10-20-22-16/h2-4,6-7,10,12,15H,5,8-9H2,1H3,(H,18,21)(H,19,20,22)/t12-,15-/m0/s1. The van der Waals surface area contributed by atoms with Gasteiger partial charge in [0.2, 0.25) is 0 Å². The number of imidazole rings is 1. The maximum atomic E-state index is 5.79. The summed E-state index contributed by atoms with van der Waals surface area (Å²) in [4.78, 5) is 13.1. The summed E-state index contributed by atoms with van der Waals surface area (Å²) < 4.78 is 7.75. The van der Waals surface area contributed by atoms with Gasteiger partial charge in [0.15, 0.2) is 5.82 Å². The molecule has 4 heterocycles. The van der Waals surface area contributed by atoms with E-state index in [9.17, 15) is 0 Å². The number of hydrogen-bond donors (Lipinski definition) is 2. The minimum absolute atomic E-state index is 0.0425. The molecule has 1 aliphatic heterocycles. The molecule has 0 aromatic carbocycles. The molecule has 1 saturated heterocycles. The summed E-state index contributed by atoms with van der Waals surface area (Å²) in [6.07, 6.45) is 6.14. The van der Waals surface area contributed by atoms with Crippen molar-refractivity contribution in [1.29, 1.82) is 0 Å². The van der Waals surface area contributed by atoms with Crippen molar-refractivity contribution in [1.82, 2.24) is 29.7 Å². The van der Waals surface area contributed by atoms with E-state index >= 15 is 0 Å². The molecule has 124 valence electrons. The Balaban J connectivity index is 1.45. The van der Waals surface area contributed by atoms with Gasteiger partial charge < -0.3 is 10.1 Å². The number of aromatic nitrogens is 6. The van der Waals surface area contributed by atoms with E-state index in [-0.39, 0.29) is 6.10 Å². The Bertz CT molecular complexity index is 798. The van der Waals surface area contributed by atoms with Crippen LogP contribution < -0.4 is 5.32 Å². The maximum Gasteiger partial charge on any atom is 0.153 e. The van der Waals surface area contributed by atoms with Gasteiger partial charge in [-0.2, -0.15) is 5.10 Å². The number of nitrogens with one attached hydrogen (secondary N) is 2. The third kappa shape index (κ3) is 2.88. The number of pyridine rings is 1. The van der Waals surface area contributed by atoms with Crippen molar-refractivity contribution < 1.29 is 4.74 Å². The normalized spacial score (nSPS) is 20.4. The summed E-state index contributed by atoms with van der Waals surface area (Å²) in [6, 6.07) is 5.92. The zero-order valence-corrected chi connectivity index (χ0v) is 13.4. The summed E-state index contributed by atoms with van der Waals surface area (Å²) in [7, 11) is 0. The first-order chi connectivity index (χ1) is 11.8. The third-order valence-electron chi connectivity index (χ3n) is 4.27. The van der Waals surface area contributed by atoms with Crippen LogP contribution in [0.1, 0.15) is 24.2 Å². The SMILES string of the molecule is Cc1nccn1-c1cccc(NC[C@@H]2CCO[C@@H]2c2ncn[nH]2)n1. The Hall–Kier alpha value is -2.74. The Kier molecular flexibility index (Phi) is 3.96. The maximum absolute atomic E-state index is 5.79. The van der Waals surface area contributed by atoms with Gasteiger partial charge in [-0.25, -0.2) is 15.0 Å². The van der Waals surface area contributed by atoms with Crippen LogP contribution in [0.5, 0.6) is 0 Å². The molecule has 24 heavy (non-hydrogen) atoms. The molecule has 0 radical (unpaired) electrons. The van der Waals surface area contributed by atoms with Crippen LogP contribution in [0.4, 0.5) is 5.82 Å². The lowest BCUT2D eigenvalue weighted by atomic mass is 10.0. The van der Waals surface area contributed by atoms with Crippen molar-refractivity contribution >= 4 is 5.82 Å². The first-order valence-corrected chi connectivity index (χ1v) is 7.99. The average Bonchev–Trinajstić information content (AvgIpc) is 3.34. The van der Waals surface area contributed by atoms with Crippen molar-refractivity contribution in [2.45, 2.75) is 19.4 Å². The number of H-pyrrole nitrogens is 1. The fourth-order valence-electron chi connectivity index (χ4n) is 3.01. The van der Waals surface area contributed by atoms with Crippen LogP contribution in [0.3, 0.4) is 0 Å². The molecular weight excluding hydrogens is 306 g/mol. The lowest BCUT2D eigenvalue weighted by Gasteiger charge is -2.17. The summed E-state index contributed by atoms with van der Waals surface area (Å²) in [6.45, 7) is 3.46. The third-order valence-corrected chi connectivity index (χ3v) is 4.27. The fraction of sp³-hybridized carbons (Fsp3) is 0.375. The van der Waals surface area contributed by atoms with Gasteiger partial charge in [0.25, 0.3) is 0 Å². The second kappa shape index (κ2) is 6.40. The summed E-state index contributed by atoms with van der Waals surface area (Å²) in [5.41, 5.74) is 0. The number of nitrogens with zero attached hydrogens (tertiary/aromatic N) is 5. The van der Waals surface area contributed by atoms with Crippen LogP contribution in [-0.2, 0) is 4.74 Å². The van der Waals surface area contributed by atoms with Crippen molar-refractivity contribution in [3.63, 3.8) is 0 Å². The molecule has 0 unspecified atom stereocenters. The molecule has 0 bridgehead atoms. The predicted molar refractivity (Wildman–Crippen MR) is 87.8 cm³/mol. The van der Waals surface area contributed by atoms with Gasteiger partial charge in [-0.15, -0.1) is 0 Å². The molecule has 0 amide bonds. The van der Waals surface area contributed by atoms with Gasteiger partial charge in [-0.1, -0.05) is 6.07 Å². The van der Waals surface area contributed by atoms with E-state index in [1.54, 1.807) is 6.20 Å². The smallest absolute Gasteiger partial charge is 0.153 e. The second-order valence-corrected chi connectivity index (χ2v) is 5.82. The molecule has 0 saturated carbocycles. The van der Waals surface area contributed by atoms with E-state index in [0.29, 0.717) is 5.92 Å². The van der Waals surface area contributed by atoms with Gasteiger partial charge in [0, 0.05) is 31.5 Å². The molecule has 1 fully saturated rings. The van der Waals surface area contributed by atoms with Gasteiger partial charge in [0.05, 0.1) is 0 Å². The number of rotatable bonds is 5. The number of hydrogen-bond acceptors (Lipinski definition) is 6. The van der Waals surface area contributed by atoms with Gasteiger partial charge in [0.1, 0.15) is 29.9 Å². The lowest BCUT2D eigenvalue weighted by molar-refractivity contribution is 0.0864. The van der Waals surface area contributed by atoms with Crippen molar-refractivity contribution in [3.8, 4) is 5.82 Å². The molecule has 8 nitrogen and oxygen atoms in total. The molecule has 0 spiro atoms. The van der Waals surface area contributed by atoms with Crippen molar-refractivity contribution in [2.75, 3.05) is 18.5 Å². The molecule has 2 N–H and O–H groups in total. The second-order valence-electron chi connectivity index (χ2n) is 5.82. The van der Waals surface area contributed by atoms with Crippen LogP contribution in [0.25, 0.3) is 5.82 Å². The summed E-state index contributed by atoms with van der Waals surface area (Å²) in [5, 5.41) is 10.2. The molecular formula is C16H19N7O. The molecule has 3 aromatic heterocycles. The highest BCUT2D eigenvalue weighted by atomic mass is 16.5. The Morgan fingerprint density at radius 1 is 1.38 bits per heavy atom. The van der Waals surface area contributed by atoms with E-state index in [1.807, 2.05) is 35.9 Å². The van der Waals surface area contributed by atoms with Crippen molar-refractivity contribution in [3.05, 3.63) is 48.6 Å². The average molecular weight is 325 g/mol. The van der Waals surface area contributed by atoms with E-state index in [4.69, 9.17) is 4.74 Å². The van der Waals surface area contributed by atoms with Crippen molar-refractivity contribution in [2.24, 2.45) is 5.92 Å². The highest BCUT2D eigenvalue weighted by molar-refractivity contribution is 5.40. The highest BCUT2D eigenvalue weighted by Crippen LogP contribution is 2.32. The van der Waals surface area contributed by atoms with Gasteiger partial charge in [-0.05, 0) is 25.5 Å². The Labute approximate surface area is 139 Å². The van der Waals surface area contributed by atoms with E-state index in [1.165, 1.54) is 6.33 Å². The van der Waals surface area contributed by atoms with Crippen LogP contribution in [-0.4, -0.2) is 42.9 Å². The topological polar surface area (TPSA) is 93.5 Å². The highest BCUT2D eigenvalue weighted by Gasteiger charge is 2.31. The number of anilines is 1.